The maximum Gasteiger partial charge on any atom is 0.264 e. The molecule has 7 nitrogen and oxygen atoms in total. The highest BCUT2D eigenvalue weighted by atomic mass is 35.5. The number of halogens is 1. The summed E-state index contributed by atoms with van der Waals surface area (Å²) in [5.74, 6) is -0.216. The molecule has 0 aliphatic rings. The number of anilines is 1. The third kappa shape index (κ3) is 5.46. The van der Waals surface area contributed by atoms with E-state index in [9.17, 15) is 13.2 Å². The predicted octanol–water partition coefficient (Wildman–Crippen LogP) is 4.08. The monoisotopic (exact) mass is 471 g/mol. The van der Waals surface area contributed by atoms with Crippen molar-refractivity contribution in [2.75, 3.05) is 18.0 Å². The van der Waals surface area contributed by atoms with Crippen LogP contribution in [0.4, 0.5) is 5.69 Å². The van der Waals surface area contributed by atoms with Crippen molar-refractivity contribution in [1.82, 2.24) is 5.43 Å². The van der Waals surface area contributed by atoms with Crippen molar-refractivity contribution in [1.29, 1.82) is 0 Å². The van der Waals surface area contributed by atoms with Crippen LogP contribution < -0.4 is 14.5 Å². The molecule has 0 unspecified atom stereocenters. The normalized spacial score (nSPS) is 11.7. The fourth-order valence-electron chi connectivity index (χ4n) is 2.90. The van der Waals surface area contributed by atoms with Gasteiger partial charge in [0.25, 0.3) is 15.9 Å². The minimum Gasteiger partial charge on any atom is -0.495 e. The van der Waals surface area contributed by atoms with Gasteiger partial charge in [0, 0.05) is 0 Å². The molecule has 0 saturated heterocycles. The standard InChI is InChI=1S/C23H22ClN3O4S/c1-17(18-9-5-3-6-10-18)25-26-23(28)16-27(19-13-14-22(31-2)21(24)15-19)32(29,30)20-11-7-4-8-12-20/h3-15H,16H2,1-2H3,(H,26,28)/b25-17+. The molecule has 0 aromatic heterocycles. The molecule has 9 heteroatoms. The molecule has 3 rings (SSSR count). The maximum atomic E-state index is 13.3. The number of nitrogens with zero attached hydrogens (tertiary/aromatic N) is 2. The molecule has 166 valence electrons. The van der Waals surface area contributed by atoms with E-state index in [2.05, 4.69) is 10.5 Å². The zero-order chi connectivity index (χ0) is 23.1. The topological polar surface area (TPSA) is 88.1 Å². The molecule has 0 atom stereocenters. The molecule has 0 spiro atoms. The Kier molecular flexibility index (Phi) is 7.50. The van der Waals surface area contributed by atoms with Crippen molar-refractivity contribution in [3.8, 4) is 5.75 Å². The van der Waals surface area contributed by atoms with Gasteiger partial charge in [-0.25, -0.2) is 13.8 Å². The number of hydrogen-bond acceptors (Lipinski definition) is 5. The van der Waals surface area contributed by atoms with Gasteiger partial charge in [0.1, 0.15) is 12.3 Å². The van der Waals surface area contributed by atoms with Crippen LogP contribution in [0.3, 0.4) is 0 Å². The van der Waals surface area contributed by atoms with Crippen molar-refractivity contribution in [2.24, 2.45) is 5.10 Å². The number of carbonyl (C=O) groups is 1. The average Bonchev–Trinajstić information content (AvgIpc) is 2.82. The third-order valence-electron chi connectivity index (χ3n) is 4.58. The quantitative estimate of drug-likeness (QED) is 0.396. The highest BCUT2D eigenvalue weighted by Crippen LogP contribution is 2.31. The van der Waals surface area contributed by atoms with Gasteiger partial charge in [-0.2, -0.15) is 5.10 Å². The third-order valence-corrected chi connectivity index (χ3v) is 6.67. The van der Waals surface area contributed by atoms with Crippen LogP contribution in [0.1, 0.15) is 12.5 Å². The summed E-state index contributed by atoms with van der Waals surface area (Å²) in [7, 11) is -2.59. The Morgan fingerprint density at radius 2 is 1.66 bits per heavy atom. The number of rotatable bonds is 8. The lowest BCUT2D eigenvalue weighted by Crippen LogP contribution is -2.39. The van der Waals surface area contributed by atoms with Crippen molar-refractivity contribution < 1.29 is 17.9 Å². The summed E-state index contributed by atoms with van der Waals surface area (Å²) in [4.78, 5) is 12.7. The van der Waals surface area contributed by atoms with Gasteiger partial charge >= 0.3 is 0 Å². The molecule has 0 heterocycles. The number of benzene rings is 3. The van der Waals surface area contributed by atoms with Crippen LogP contribution in [0.25, 0.3) is 0 Å². The first-order chi connectivity index (χ1) is 15.3. The molecule has 0 aliphatic carbocycles. The second-order valence-corrected chi connectivity index (χ2v) is 9.01. The minimum absolute atomic E-state index is 0.0451. The highest BCUT2D eigenvalue weighted by molar-refractivity contribution is 7.92. The van der Waals surface area contributed by atoms with E-state index in [0.29, 0.717) is 11.5 Å². The van der Waals surface area contributed by atoms with Gasteiger partial charge in [0.15, 0.2) is 0 Å². The van der Waals surface area contributed by atoms with Crippen molar-refractivity contribution in [3.63, 3.8) is 0 Å². The number of nitrogens with one attached hydrogen (secondary N) is 1. The first-order valence-electron chi connectivity index (χ1n) is 9.63. The Morgan fingerprint density at radius 1 is 1.03 bits per heavy atom. The average molecular weight is 472 g/mol. The van der Waals surface area contributed by atoms with E-state index in [-0.39, 0.29) is 15.6 Å². The molecule has 1 amide bonds. The summed E-state index contributed by atoms with van der Waals surface area (Å²) in [5.41, 5.74) is 4.07. The number of hydrazone groups is 1. The molecule has 0 bridgehead atoms. The summed E-state index contributed by atoms with van der Waals surface area (Å²) in [6, 6.07) is 21.7. The van der Waals surface area contributed by atoms with Gasteiger partial charge in [0.2, 0.25) is 0 Å². The van der Waals surface area contributed by atoms with Gasteiger partial charge in [-0.1, -0.05) is 60.1 Å². The summed E-state index contributed by atoms with van der Waals surface area (Å²) < 4.78 is 32.8. The lowest BCUT2D eigenvalue weighted by molar-refractivity contribution is -0.119. The number of methoxy groups -OCH3 is 1. The van der Waals surface area contributed by atoms with Gasteiger partial charge in [-0.15, -0.1) is 0 Å². The number of sulfonamides is 1. The predicted molar refractivity (Wildman–Crippen MR) is 126 cm³/mol. The van der Waals surface area contributed by atoms with Gasteiger partial charge < -0.3 is 4.74 Å². The maximum absolute atomic E-state index is 13.3. The zero-order valence-corrected chi connectivity index (χ0v) is 19.1. The fraction of sp³-hybridized carbons (Fsp3) is 0.130. The lowest BCUT2D eigenvalue weighted by Gasteiger charge is -2.24. The number of amides is 1. The van der Waals surface area contributed by atoms with E-state index in [1.54, 1.807) is 31.2 Å². The smallest absolute Gasteiger partial charge is 0.264 e. The van der Waals surface area contributed by atoms with Crippen molar-refractivity contribution in [2.45, 2.75) is 11.8 Å². The largest absolute Gasteiger partial charge is 0.495 e. The van der Waals surface area contributed by atoms with E-state index in [1.807, 2.05) is 30.3 Å². The Labute approximate surface area is 192 Å². The van der Waals surface area contributed by atoms with E-state index in [0.717, 1.165) is 9.87 Å². The number of hydrogen-bond donors (Lipinski definition) is 1. The molecule has 3 aromatic carbocycles. The Balaban J connectivity index is 1.91. The van der Waals surface area contributed by atoms with Crippen molar-refractivity contribution >= 4 is 38.9 Å². The summed E-state index contributed by atoms with van der Waals surface area (Å²) >= 11 is 6.21. The first kappa shape index (κ1) is 23.3. The van der Waals surface area contributed by atoms with Crippen LogP contribution in [-0.2, 0) is 14.8 Å². The zero-order valence-electron chi connectivity index (χ0n) is 17.5. The fourth-order valence-corrected chi connectivity index (χ4v) is 4.59. The SMILES string of the molecule is COc1ccc(N(CC(=O)N/N=C(\C)c2ccccc2)S(=O)(=O)c2ccccc2)cc1Cl. The van der Waals surface area contributed by atoms with Gasteiger partial charge in [-0.05, 0) is 42.8 Å². The van der Waals surface area contributed by atoms with Crippen LogP contribution in [0.15, 0.2) is 88.9 Å². The molecule has 0 aliphatic heterocycles. The molecular weight excluding hydrogens is 450 g/mol. The van der Waals surface area contributed by atoms with Crippen LogP contribution in [0, 0.1) is 0 Å². The summed E-state index contributed by atoms with van der Waals surface area (Å²) in [5, 5.41) is 4.31. The summed E-state index contributed by atoms with van der Waals surface area (Å²) in [6.45, 7) is 1.25. The minimum atomic E-state index is -4.05. The second kappa shape index (κ2) is 10.3. The molecule has 3 aromatic rings. The van der Waals surface area contributed by atoms with E-state index < -0.39 is 22.5 Å². The lowest BCUT2D eigenvalue weighted by atomic mass is 10.1. The first-order valence-corrected chi connectivity index (χ1v) is 11.4. The van der Waals surface area contributed by atoms with Crippen LogP contribution in [0.2, 0.25) is 5.02 Å². The van der Waals surface area contributed by atoms with Crippen molar-refractivity contribution in [3.05, 3.63) is 89.4 Å². The van der Waals surface area contributed by atoms with E-state index >= 15 is 0 Å². The second-order valence-electron chi connectivity index (χ2n) is 6.74. The van der Waals surface area contributed by atoms with Crippen LogP contribution in [-0.4, -0.2) is 33.7 Å². The molecule has 0 saturated carbocycles. The Hall–Kier alpha value is -3.36. The number of ether oxygens (including phenoxy) is 1. The van der Waals surface area contributed by atoms with Gasteiger partial charge in [-0.3, -0.25) is 9.10 Å². The van der Waals surface area contributed by atoms with Crippen LogP contribution in [0.5, 0.6) is 5.75 Å². The van der Waals surface area contributed by atoms with Crippen LogP contribution >= 0.6 is 11.6 Å². The Bertz CT molecular complexity index is 1220. The molecule has 1 N–H and O–H groups in total. The molecule has 0 radical (unpaired) electrons. The molecular formula is C23H22ClN3O4S. The summed E-state index contributed by atoms with van der Waals surface area (Å²) in [6.07, 6.45) is 0. The highest BCUT2D eigenvalue weighted by Gasteiger charge is 2.27. The van der Waals surface area contributed by atoms with E-state index in [1.165, 1.54) is 31.4 Å². The molecule has 32 heavy (non-hydrogen) atoms. The Morgan fingerprint density at radius 3 is 2.25 bits per heavy atom. The van der Waals surface area contributed by atoms with E-state index in [4.69, 9.17) is 16.3 Å². The number of carbonyl (C=O) groups excluding carboxylic acids is 1. The van der Waals surface area contributed by atoms with Gasteiger partial charge in [0.05, 0.1) is 28.4 Å². The molecule has 0 fully saturated rings.